The number of hydrogen-bond donors (Lipinski definition) is 2. The van der Waals surface area contributed by atoms with Crippen LogP contribution in [-0.2, 0) is 9.59 Å². The number of carboxylic acids is 1. The molecule has 0 radical (unpaired) electrons. The van der Waals surface area contributed by atoms with Crippen LogP contribution in [-0.4, -0.2) is 24.1 Å². The van der Waals surface area contributed by atoms with E-state index in [-0.39, 0.29) is 12.3 Å². The Morgan fingerprint density at radius 1 is 1.30 bits per heavy atom. The van der Waals surface area contributed by atoms with Crippen molar-refractivity contribution >= 4 is 17.6 Å². The van der Waals surface area contributed by atoms with Gasteiger partial charge in [-0.15, -0.1) is 0 Å². The summed E-state index contributed by atoms with van der Waals surface area (Å²) in [7, 11) is 1.53. The van der Waals surface area contributed by atoms with Gasteiger partial charge in [-0.3, -0.25) is 9.59 Å². The van der Waals surface area contributed by atoms with E-state index in [9.17, 15) is 9.59 Å². The third-order valence-corrected chi connectivity index (χ3v) is 3.09. The van der Waals surface area contributed by atoms with Crippen LogP contribution in [0.4, 0.5) is 5.69 Å². The Morgan fingerprint density at radius 3 is 2.60 bits per heavy atom. The molecule has 0 aliphatic rings. The van der Waals surface area contributed by atoms with E-state index >= 15 is 0 Å². The smallest absolute Gasteiger partial charge is 0.306 e. The lowest BCUT2D eigenvalue weighted by molar-refractivity contribution is -0.142. The van der Waals surface area contributed by atoms with E-state index in [1.165, 1.54) is 7.11 Å². The summed E-state index contributed by atoms with van der Waals surface area (Å²) >= 11 is 0. The fourth-order valence-corrected chi connectivity index (χ4v) is 2.01. The number of nitrogens with one attached hydrogen (secondary N) is 1. The molecule has 0 bridgehead atoms. The van der Waals surface area contributed by atoms with Gasteiger partial charge >= 0.3 is 5.97 Å². The van der Waals surface area contributed by atoms with Gasteiger partial charge in [-0.05, 0) is 25.0 Å². The van der Waals surface area contributed by atoms with E-state index in [1.807, 2.05) is 13.0 Å². The molecule has 0 spiro atoms. The second kappa shape index (κ2) is 8.19. The molecule has 1 aromatic carbocycles. The van der Waals surface area contributed by atoms with Crippen molar-refractivity contribution in [2.24, 2.45) is 5.92 Å². The summed E-state index contributed by atoms with van der Waals surface area (Å²) in [4.78, 5) is 22.9. The van der Waals surface area contributed by atoms with Crippen LogP contribution in [0.5, 0.6) is 5.75 Å². The third kappa shape index (κ3) is 4.91. The average Bonchev–Trinajstić information content (AvgIpc) is 2.43. The number of methoxy groups -OCH3 is 1. The molecule has 0 aromatic heterocycles. The first-order chi connectivity index (χ1) is 9.58. The SMILES string of the molecule is CCCC(CCC(=O)Nc1ccccc1OC)C(=O)O. The lowest BCUT2D eigenvalue weighted by Crippen LogP contribution is -2.18. The molecule has 5 nitrogen and oxygen atoms in total. The van der Waals surface area contributed by atoms with Crippen molar-refractivity contribution in [2.75, 3.05) is 12.4 Å². The van der Waals surface area contributed by atoms with Crippen LogP contribution in [0.25, 0.3) is 0 Å². The number of anilines is 1. The van der Waals surface area contributed by atoms with Crippen molar-refractivity contribution in [2.45, 2.75) is 32.6 Å². The maximum Gasteiger partial charge on any atom is 0.306 e. The summed E-state index contributed by atoms with van der Waals surface area (Å²) in [5.74, 6) is -0.901. The number of ether oxygens (including phenoxy) is 1. The molecule has 1 rings (SSSR count). The maximum atomic E-state index is 11.9. The summed E-state index contributed by atoms with van der Waals surface area (Å²) in [6, 6.07) is 7.12. The van der Waals surface area contributed by atoms with Gasteiger partial charge in [0.15, 0.2) is 0 Å². The van der Waals surface area contributed by atoms with Crippen LogP contribution in [0.2, 0.25) is 0 Å². The highest BCUT2D eigenvalue weighted by molar-refractivity contribution is 5.92. The Morgan fingerprint density at radius 2 is 2.00 bits per heavy atom. The number of para-hydroxylation sites is 2. The number of hydrogen-bond acceptors (Lipinski definition) is 3. The summed E-state index contributed by atoms with van der Waals surface area (Å²) in [5.41, 5.74) is 0.599. The minimum atomic E-state index is -0.836. The van der Waals surface area contributed by atoms with Gasteiger partial charge in [0.1, 0.15) is 5.75 Å². The number of carbonyl (C=O) groups excluding carboxylic acids is 1. The predicted octanol–water partition coefficient (Wildman–Crippen LogP) is 2.91. The molecule has 0 saturated heterocycles. The lowest BCUT2D eigenvalue weighted by atomic mass is 9.98. The number of aliphatic carboxylic acids is 1. The van der Waals surface area contributed by atoms with Crippen LogP contribution >= 0.6 is 0 Å². The van der Waals surface area contributed by atoms with Gasteiger partial charge in [0.25, 0.3) is 0 Å². The van der Waals surface area contributed by atoms with E-state index in [1.54, 1.807) is 18.2 Å². The van der Waals surface area contributed by atoms with Gasteiger partial charge in [0.2, 0.25) is 5.91 Å². The third-order valence-electron chi connectivity index (χ3n) is 3.09. The molecule has 0 aliphatic carbocycles. The first-order valence-electron chi connectivity index (χ1n) is 6.74. The van der Waals surface area contributed by atoms with E-state index in [0.29, 0.717) is 24.3 Å². The Hall–Kier alpha value is -2.04. The maximum absolute atomic E-state index is 11.9. The fraction of sp³-hybridized carbons (Fsp3) is 0.467. The highest BCUT2D eigenvalue weighted by Gasteiger charge is 2.18. The Kier molecular flexibility index (Phi) is 6.56. The van der Waals surface area contributed by atoms with E-state index in [4.69, 9.17) is 9.84 Å². The molecule has 2 N–H and O–H groups in total. The standard InChI is InChI=1S/C15H21NO4/c1-3-6-11(15(18)19)9-10-14(17)16-12-7-4-5-8-13(12)20-2/h4-5,7-8,11H,3,6,9-10H2,1-2H3,(H,16,17)(H,18,19). The lowest BCUT2D eigenvalue weighted by Gasteiger charge is -2.12. The molecule has 1 atom stereocenters. The zero-order chi connectivity index (χ0) is 15.0. The second-order valence-electron chi connectivity index (χ2n) is 4.61. The highest BCUT2D eigenvalue weighted by Crippen LogP contribution is 2.23. The number of amides is 1. The molecule has 0 fully saturated rings. The highest BCUT2D eigenvalue weighted by atomic mass is 16.5. The van der Waals surface area contributed by atoms with E-state index in [2.05, 4.69) is 5.32 Å². The minimum absolute atomic E-state index is 0.189. The fourth-order valence-electron chi connectivity index (χ4n) is 2.01. The van der Waals surface area contributed by atoms with E-state index in [0.717, 1.165) is 6.42 Å². The van der Waals surface area contributed by atoms with Crippen molar-refractivity contribution in [3.8, 4) is 5.75 Å². The molecule has 110 valence electrons. The molecule has 5 heteroatoms. The average molecular weight is 279 g/mol. The predicted molar refractivity (Wildman–Crippen MR) is 76.9 cm³/mol. The molecule has 0 saturated carbocycles. The number of carbonyl (C=O) groups is 2. The number of carboxylic acid groups (broad SMARTS) is 1. The van der Waals surface area contributed by atoms with Gasteiger partial charge in [-0.2, -0.15) is 0 Å². The van der Waals surface area contributed by atoms with Crippen LogP contribution in [0, 0.1) is 5.92 Å². The van der Waals surface area contributed by atoms with Crippen LogP contribution in [0.3, 0.4) is 0 Å². The molecule has 1 unspecified atom stereocenters. The normalized spacial score (nSPS) is 11.7. The Bertz CT molecular complexity index is 459. The van der Waals surface area contributed by atoms with Crippen LogP contribution in [0.15, 0.2) is 24.3 Å². The van der Waals surface area contributed by atoms with Crippen molar-refractivity contribution in [1.29, 1.82) is 0 Å². The van der Waals surface area contributed by atoms with Crippen molar-refractivity contribution in [3.63, 3.8) is 0 Å². The Labute approximate surface area is 118 Å². The second-order valence-corrected chi connectivity index (χ2v) is 4.61. The first kappa shape index (κ1) is 16.0. The van der Waals surface area contributed by atoms with E-state index < -0.39 is 11.9 Å². The Balaban J connectivity index is 2.53. The summed E-state index contributed by atoms with van der Waals surface area (Å²) in [6.07, 6.45) is 1.93. The summed E-state index contributed by atoms with van der Waals surface area (Å²) in [6.45, 7) is 1.94. The summed E-state index contributed by atoms with van der Waals surface area (Å²) < 4.78 is 5.14. The molecule has 1 aromatic rings. The van der Waals surface area contributed by atoms with Crippen LogP contribution < -0.4 is 10.1 Å². The van der Waals surface area contributed by atoms with Gasteiger partial charge in [-0.25, -0.2) is 0 Å². The molecule has 0 heterocycles. The van der Waals surface area contributed by atoms with Crippen molar-refractivity contribution < 1.29 is 19.4 Å². The molecular weight excluding hydrogens is 258 g/mol. The molecule has 0 aliphatic heterocycles. The minimum Gasteiger partial charge on any atom is -0.495 e. The molecule has 1 amide bonds. The first-order valence-corrected chi connectivity index (χ1v) is 6.74. The largest absolute Gasteiger partial charge is 0.495 e. The van der Waals surface area contributed by atoms with Crippen LogP contribution in [0.1, 0.15) is 32.6 Å². The van der Waals surface area contributed by atoms with Crippen molar-refractivity contribution in [3.05, 3.63) is 24.3 Å². The zero-order valence-electron chi connectivity index (χ0n) is 11.9. The monoisotopic (exact) mass is 279 g/mol. The quantitative estimate of drug-likeness (QED) is 0.767. The topological polar surface area (TPSA) is 75.6 Å². The van der Waals surface area contributed by atoms with Gasteiger partial charge in [0, 0.05) is 6.42 Å². The summed E-state index contributed by atoms with van der Waals surface area (Å²) in [5, 5.41) is 11.8. The van der Waals surface area contributed by atoms with Crippen molar-refractivity contribution in [1.82, 2.24) is 0 Å². The van der Waals surface area contributed by atoms with Gasteiger partial charge in [0.05, 0.1) is 18.7 Å². The number of rotatable bonds is 8. The van der Waals surface area contributed by atoms with Gasteiger partial charge < -0.3 is 15.2 Å². The zero-order valence-corrected chi connectivity index (χ0v) is 11.9. The number of benzene rings is 1. The molecule has 20 heavy (non-hydrogen) atoms. The van der Waals surface area contributed by atoms with Gasteiger partial charge in [-0.1, -0.05) is 25.5 Å². The molecular formula is C15H21NO4.